The van der Waals surface area contributed by atoms with E-state index in [1.54, 1.807) is 6.07 Å². The van der Waals surface area contributed by atoms with Gasteiger partial charge in [0, 0.05) is 0 Å². The fraction of sp³-hybridized carbons (Fsp3) is 0.417. The van der Waals surface area contributed by atoms with Gasteiger partial charge >= 0.3 is 12.1 Å². The Bertz CT molecular complexity index is 406. The zero-order chi connectivity index (χ0) is 13.8. The van der Waals surface area contributed by atoms with E-state index in [2.05, 4.69) is 4.74 Å². The summed E-state index contributed by atoms with van der Waals surface area (Å²) >= 11 is 0. The molecule has 100 valence electrons. The van der Waals surface area contributed by atoms with Crippen molar-refractivity contribution in [2.24, 2.45) is 5.73 Å². The van der Waals surface area contributed by atoms with E-state index in [4.69, 9.17) is 5.73 Å². The Morgan fingerprint density at radius 2 is 1.83 bits per heavy atom. The maximum atomic E-state index is 13.1. The zero-order valence-electron chi connectivity index (χ0n) is 9.83. The third-order valence-electron chi connectivity index (χ3n) is 2.52. The molecule has 0 amide bonds. The van der Waals surface area contributed by atoms with Gasteiger partial charge in [-0.2, -0.15) is 13.2 Å². The fourth-order valence-corrected chi connectivity index (χ4v) is 1.54. The molecule has 1 aromatic rings. The van der Waals surface area contributed by atoms with Crippen molar-refractivity contribution in [1.29, 1.82) is 0 Å². The van der Waals surface area contributed by atoms with Gasteiger partial charge in [0.15, 0.2) is 0 Å². The van der Waals surface area contributed by atoms with E-state index in [0.717, 1.165) is 0 Å². The SMILES string of the molecule is CCOC(=O)CC(N)(c1ccccc1)C(F)(F)F. The first-order chi connectivity index (χ1) is 8.31. The third kappa shape index (κ3) is 3.01. The van der Waals surface area contributed by atoms with Gasteiger partial charge in [-0.1, -0.05) is 30.3 Å². The van der Waals surface area contributed by atoms with Crippen LogP contribution in [0.1, 0.15) is 18.9 Å². The first kappa shape index (κ1) is 14.5. The van der Waals surface area contributed by atoms with Crippen molar-refractivity contribution in [3.05, 3.63) is 35.9 Å². The second kappa shape index (κ2) is 5.39. The zero-order valence-corrected chi connectivity index (χ0v) is 9.83. The van der Waals surface area contributed by atoms with Crippen LogP contribution in [-0.4, -0.2) is 18.8 Å². The molecule has 2 N–H and O–H groups in total. The van der Waals surface area contributed by atoms with Crippen LogP contribution in [-0.2, 0) is 15.1 Å². The number of nitrogens with two attached hydrogens (primary N) is 1. The lowest BCUT2D eigenvalue weighted by molar-refractivity contribution is -0.197. The summed E-state index contributed by atoms with van der Waals surface area (Å²) in [6.07, 6.45) is -5.67. The lowest BCUT2D eigenvalue weighted by Gasteiger charge is -2.31. The van der Waals surface area contributed by atoms with Gasteiger partial charge in [0.25, 0.3) is 0 Å². The highest BCUT2D eigenvalue weighted by Gasteiger charge is 2.54. The first-order valence-electron chi connectivity index (χ1n) is 5.38. The topological polar surface area (TPSA) is 52.3 Å². The van der Waals surface area contributed by atoms with Crippen LogP contribution in [0.4, 0.5) is 13.2 Å². The van der Waals surface area contributed by atoms with Gasteiger partial charge < -0.3 is 10.5 Å². The Hall–Kier alpha value is -1.56. The minimum Gasteiger partial charge on any atom is -0.466 e. The van der Waals surface area contributed by atoms with Crippen molar-refractivity contribution in [2.45, 2.75) is 25.1 Å². The summed E-state index contributed by atoms with van der Waals surface area (Å²) in [6.45, 7) is 1.54. The molecule has 0 fully saturated rings. The summed E-state index contributed by atoms with van der Waals surface area (Å²) in [5, 5.41) is 0. The highest BCUT2D eigenvalue weighted by atomic mass is 19.4. The molecular weight excluding hydrogens is 247 g/mol. The largest absolute Gasteiger partial charge is 0.466 e. The third-order valence-corrected chi connectivity index (χ3v) is 2.52. The maximum absolute atomic E-state index is 13.1. The molecule has 0 saturated heterocycles. The number of hydrogen-bond donors (Lipinski definition) is 1. The summed E-state index contributed by atoms with van der Waals surface area (Å²) in [7, 11) is 0. The molecule has 1 atom stereocenters. The van der Waals surface area contributed by atoms with Crippen LogP contribution in [0.15, 0.2) is 30.3 Å². The smallest absolute Gasteiger partial charge is 0.411 e. The molecule has 0 bridgehead atoms. The fourth-order valence-electron chi connectivity index (χ4n) is 1.54. The number of hydrogen-bond acceptors (Lipinski definition) is 3. The molecule has 18 heavy (non-hydrogen) atoms. The van der Waals surface area contributed by atoms with Crippen molar-refractivity contribution >= 4 is 5.97 Å². The van der Waals surface area contributed by atoms with Crippen LogP contribution in [0.5, 0.6) is 0 Å². The standard InChI is InChI=1S/C12H14F3NO2/c1-2-18-10(17)8-11(16,12(13,14)15)9-6-4-3-5-7-9/h3-7H,2,8,16H2,1H3. The highest BCUT2D eigenvalue weighted by molar-refractivity contribution is 5.71. The molecule has 6 heteroatoms. The number of esters is 1. The number of rotatable bonds is 4. The molecule has 0 aliphatic heterocycles. The highest BCUT2D eigenvalue weighted by Crippen LogP contribution is 2.39. The summed E-state index contributed by atoms with van der Waals surface area (Å²) in [6, 6.07) is 6.94. The summed E-state index contributed by atoms with van der Waals surface area (Å²) in [5.74, 6) is -0.971. The van der Waals surface area contributed by atoms with Crippen LogP contribution in [0.25, 0.3) is 0 Å². The predicted molar refractivity (Wildman–Crippen MR) is 59.6 cm³/mol. The van der Waals surface area contributed by atoms with Crippen LogP contribution >= 0.6 is 0 Å². The molecule has 0 heterocycles. The van der Waals surface area contributed by atoms with Crippen molar-refractivity contribution < 1.29 is 22.7 Å². The second-order valence-corrected chi connectivity index (χ2v) is 3.82. The molecule has 1 unspecified atom stereocenters. The van der Waals surface area contributed by atoms with Gasteiger partial charge in [0.1, 0.15) is 5.54 Å². The minimum absolute atomic E-state index is 0.0154. The number of alkyl halides is 3. The van der Waals surface area contributed by atoms with Crippen molar-refractivity contribution in [1.82, 2.24) is 0 Å². The molecule has 0 saturated carbocycles. The van der Waals surface area contributed by atoms with Crippen LogP contribution in [0.3, 0.4) is 0 Å². The molecule has 0 spiro atoms. The molecule has 0 aromatic heterocycles. The first-order valence-corrected chi connectivity index (χ1v) is 5.38. The lowest BCUT2D eigenvalue weighted by Crippen LogP contribution is -2.52. The van der Waals surface area contributed by atoms with Crippen molar-refractivity contribution in [2.75, 3.05) is 6.61 Å². The second-order valence-electron chi connectivity index (χ2n) is 3.82. The minimum atomic E-state index is -4.74. The Morgan fingerprint density at radius 3 is 2.28 bits per heavy atom. The average molecular weight is 261 g/mol. The maximum Gasteiger partial charge on any atom is 0.411 e. The van der Waals surface area contributed by atoms with Gasteiger partial charge in [-0.05, 0) is 12.5 Å². The van der Waals surface area contributed by atoms with Gasteiger partial charge in [-0.15, -0.1) is 0 Å². The van der Waals surface area contributed by atoms with E-state index in [0.29, 0.717) is 0 Å². The molecule has 1 aromatic carbocycles. The molecule has 0 aliphatic carbocycles. The quantitative estimate of drug-likeness (QED) is 0.846. The van der Waals surface area contributed by atoms with E-state index in [1.807, 2.05) is 0 Å². The number of carbonyl (C=O) groups is 1. The van der Waals surface area contributed by atoms with Gasteiger partial charge in [-0.25, -0.2) is 0 Å². The Kier molecular flexibility index (Phi) is 4.34. The Morgan fingerprint density at radius 1 is 1.28 bits per heavy atom. The van der Waals surface area contributed by atoms with Crippen LogP contribution in [0, 0.1) is 0 Å². The normalized spacial score (nSPS) is 14.9. The molecule has 1 rings (SSSR count). The summed E-state index contributed by atoms with van der Waals surface area (Å²) in [5.41, 5.74) is 2.52. The number of halogens is 3. The monoisotopic (exact) mass is 261 g/mol. The van der Waals surface area contributed by atoms with E-state index in [-0.39, 0.29) is 12.2 Å². The Balaban J connectivity index is 3.09. The van der Waals surface area contributed by atoms with Crippen molar-refractivity contribution in [3.8, 4) is 0 Å². The van der Waals surface area contributed by atoms with Gasteiger partial charge in [0.05, 0.1) is 13.0 Å². The lowest BCUT2D eigenvalue weighted by atomic mass is 9.87. The van der Waals surface area contributed by atoms with Crippen LogP contribution < -0.4 is 5.73 Å². The van der Waals surface area contributed by atoms with Crippen LogP contribution in [0.2, 0.25) is 0 Å². The predicted octanol–water partition coefficient (Wildman–Crippen LogP) is 2.36. The van der Waals surface area contributed by atoms with E-state index in [9.17, 15) is 18.0 Å². The summed E-state index contributed by atoms with van der Waals surface area (Å²) in [4.78, 5) is 11.3. The molecule has 0 radical (unpaired) electrons. The van der Waals surface area contributed by atoms with Crippen molar-refractivity contribution in [3.63, 3.8) is 0 Å². The van der Waals surface area contributed by atoms with Gasteiger partial charge in [0.2, 0.25) is 0 Å². The number of carbonyl (C=O) groups excluding carboxylic acids is 1. The molecule has 0 aliphatic rings. The Labute approximate surface area is 103 Å². The summed E-state index contributed by atoms with van der Waals surface area (Å²) < 4.78 is 43.7. The van der Waals surface area contributed by atoms with E-state index in [1.165, 1.54) is 31.2 Å². The van der Waals surface area contributed by atoms with Gasteiger partial charge in [-0.3, -0.25) is 4.79 Å². The number of benzene rings is 1. The molecular formula is C12H14F3NO2. The number of ether oxygens (including phenoxy) is 1. The van der Waals surface area contributed by atoms with E-state index < -0.39 is 24.1 Å². The molecule has 3 nitrogen and oxygen atoms in total. The van der Waals surface area contributed by atoms with E-state index >= 15 is 0 Å². The average Bonchev–Trinajstić information content (AvgIpc) is 2.28.